The minimum absolute atomic E-state index is 0.0150. The molecule has 0 spiro atoms. The molecule has 1 aliphatic heterocycles. The Labute approximate surface area is 158 Å². The van der Waals surface area contributed by atoms with Crippen LogP contribution in [0.3, 0.4) is 0 Å². The third-order valence-corrected chi connectivity index (χ3v) is 5.26. The molecule has 1 N–H and O–H groups in total. The van der Waals surface area contributed by atoms with Crippen molar-refractivity contribution in [1.82, 2.24) is 15.1 Å². The first-order valence-electron chi connectivity index (χ1n) is 9.55. The van der Waals surface area contributed by atoms with Gasteiger partial charge in [-0.1, -0.05) is 0 Å². The first kappa shape index (κ1) is 17.9. The number of nitrogens with zero attached hydrogens (tertiary/aromatic N) is 3. The minimum Gasteiger partial charge on any atom is -0.425 e. The van der Waals surface area contributed by atoms with Gasteiger partial charge in [0, 0.05) is 23.1 Å². The Morgan fingerprint density at radius 3 is 2.19 bits per heavy atom. The summed E-state index contributed by atoms with van der Waals surface area (Å²) in [7, 11) is 0. The Kier molecular flexibility index (Phi) is 5.03. The number of hydrogen-bond acceptors (Lipinski definition) is 6. The molecule has 1 saturated carbocycles. The van der Waals surface area contributed by atoms with E-state index in [9.17, 15) is 9.59 Å². The number of nitrogens with one attached hydrogen (secondary N) is 1. The van der Waals surface area contributed by atoms with Crippen molar-refractivity contribution in [2.45, 2.75) is 44.4 Å². The molecule has 1 saturated heterocycles. The zero-order valence-corrected chi connectivity index (χ0v) is 15.5. The van der Waals surface area contributed by atoms with E-state index in [2.05, 4.69) is 20.4 Å². The lowest BCUT2D eigenvalue weighted by atomic mass is 9.97. The van der Waals surface area contributed by atoms with E-state index in [4.69, 9.17) is 4.42 Å². The van der Waals surface area contributed by atoms with E-state index in [0.29, 0.717) is 29.6 Å². The van der Waals surface area contributed by atoms with Gasteiger partial charge in [0.05, 0.1) is 6.54 Å². The quantitative estimate of drug-likeness (QED) is 0.789. The van der Waals surface area contributed by atoms with Crippen LogP contribution in [0.25, 0.3) is 0 Å². The van der Waals surface area contributed by atoms with E-state index < -0.39 is 0 Å². The molecule has 0 radical (unpaired) electrons. The van der Waals surface area contributed by atoms with Gasteiger partial charge in [-0.05, 0) is 70.0 Å². The Morgan fingerprint density at radius 1 is 1.04 bits per heavy atom. The standard InChI is InChI=1S/C20H24N4O3/c1-13(25)14-4-6-17(7-5-14)21-18(26)12-24-10-8-16(9-11-24)20-23-22-19(27-20)15-2-3-15/h4-7,15-16H,2-3,8-12H2,1H3,(H,21,26). The van der Waals surface area contributed by atoms with E-state index in [0.717, 1.165) is 50.6 Å². The van der Waals surface area contributed by atoms with Crippen LogP contribution in [0.1, 0.15) is 66.6 Å². The SMILES string of the molecule is CC(=O)c1ccc(NC(=O)CN2CCC(c3nnc(C4CC4)o3)CC2)cc1. The molecule has 0 unspecified atom stereocenters. The molecule has 1 amide bonds. The summed E-state index contributed by atoms with van der Waals surface area (Å²) in [5.74, 6) is 2.30. The number of anilines is 1. The topological polar surface area (TPSA) is 88.3 Å². The van der Waals surface area contributed by atoms with Crippen molar-refractivity contribution in [2.75, 3.05) is 25.0 Å². The second-order valence-electron chi connectivity index (χ2n) is 7.48. The molecule has 7 heteroatoms. The highest BCUT2D eigenvalue weighted by molar-refractivity contribution is 5.96. The molecule has 0 atom stereocenters. The van der Waals surface area contributed by atoms with Crippen molar-refractivity contribution in [1.29, 1.82) is 0 Å². The maximum Gasteiger partial charge on any atom is 0.238 e. The molecule has 2 fully saturated rings. The zero-order valence-electron chi connectivity index (χ0n) is 15.5. The zero-order chi connectivity index (χ0) is 18.8. The minimum atomic E-state index is -0.0437. The van der Waals surface area contributed by atoms with Gasteiger partial charge in [-0.15, -0.1) is 10.2 Å². The lowest BCUT2D eigenvalue weighted by molar-refractivity contribution is -0.117. The van der Waals surface area contributed by atoms with Gasteiger partial charge >= 0.3 is 0 Å². The van der Waals surface area contributed by atoms with Crippen molar-refractivity contribution in [3.05, 3.63) is 41.6 Å². The van der Waals surface area contributed by atoms with Crippen molar-refractivity contribution >= 4 is 17.4 Å². The van der Waals surface area contributed by atoms with Gasteiger partial charge in [0.25, 0.3) is 0 Å². The first-order chi connectivity index (χ1) is 13.1. The third kappa shape index (κ3) is 4.42. The van der Waals surface area contributed by atoms with Crippen molar-refractivity contribution in [3.8, 4) is 0 Å². The maximum absolute atomic E-state index is 12.3. The van der Waals surface area contributed by atoms with E-state index in [1.165, 1.54) is 6.92 Å². The van der Waals surface area contributed by atoms with E-state index in [1.807, 2.05) is 0 Å². The van der Waals surface area contributed by atoms with Crippen LogP contribution in [0.2, 0.25) is 0 Å². The predicted molar refractivity (Wildman–Crippen MR) is 99.8 cm³/mol. The highest BCUT2D eigenvalue weighted by Crippen LogP contribution is 2.40. The van der Waals surface area contributed by atoms with E-state index in [-0.39, 0.29) is 11.7 Å². The molecule has 1 aliphatic carbocycles. The number of carbonyl (C=O) groups is 2. The molecule has 0 bridgehead atoms. The average Bonchev–Trinajstić information content (AvgIpc) is 3.40. The largest absolute Gasteiger partial charge is 0.425 e. The molecule has 2 heterocycles. The number of carbonyl (C=O) groups excluding carboxylic acids is 2. The van der Waals surface area contributed by atoms with Crippen LogP contribution < -0.4 is 5.32 Å². The summed E-state index contributed by atoms with van der Waals surface area (Å²) in [6, 6.07) is 6.97. The van der Waals surface area contributed by atoms with Gasteiger partial charge < -0.3 is 9.73 Å². The summed E-state index contributed by atoms with van der Waals surface area (Å²) < 4.78 is 5.82. The van der Waals surface area contributed by atoms with Crippen LogP contribution in [-0.2, 0) is 4.79 Å². The highest BCUT2D eigenvalue weighted by Gasteiger charge is 2.31. The number of amides is 1. The Morgan fingerprint density at radius 2 is 1.63 bits per heavy atom. The summed E-state index contributed by atoms with van der Waals surface area (Å²) in [5, 5.41) is 11.3. The predicted octanol–water partition coefficient (Wildman–Crippen LogP) is 2.97. The second kappa shape index (κ2) is 7.60. The molecule has 2 aromatic rings. The van der Waals surface area contributed by atoms with Gasteiger partial charge in [0.1, 0.15) is 0 Å². The fourth-order valence-electron chi connectivity index (χ4n) is 3.44. The lowest BCUT2D eigenvalue weighted by Gasteiger charge is -2.29. The Hall–Kier alpha value is -2.54. The normalized spacial score (nSPS) is 18.4. The van der Waals surface area contributed by atoms with E-state index in [1.54, 1.807) is 24.3 Å². The summed E-state index contributed by atoms with van der Waals surface area (Å²) in [4.78, 5) is 25.7. The lowest BCUT2D eigenvalue weighted by Crippen LogP contribution is -2.38. The van der Waals surface area contributed by atoms with Crippen LogP contribution in [0.5, 0.6) is 0 Å². The fraction of sp³-hybridized carbons (Fsp3) is 0.500. The van der Waals surface area contributed by atoms with Crippen LogP contribution in [0.15, 0.2) is 28.7 Å². The molecule has 7 nitrogen and oxygen atoms in total. The number of likely N-dealkylation sites (tertiary alicyclic amines) is 1. The average molecular weight is 368 g/mol. The number of Topliss-reactive ketones (excluding diaryl/α,β-unsaturated/α-hetero) is 1. The van der Waals surface area contributed by atoms with Gasteiger partial charge in [-0.2, -0.15) is 0 Å². The van der Waals surface area contributed by atoms with Crippen LogP contribution in [-0.4, -0.2) is 46.4 Å². The molecule has 1 aromatic carbocycles. The summed E-state index contributed by atoms with van der Waals surface area (Å²) >= 11 is 0. The molecular weight excluding hydrogens is 344 g/mol. The van der Waals surface area contributed by atoms with Crippen molar-refractivity contribution in [2.24, 2.45) is 0 Å². The Bertz CT molecular complexity index is 818. The molecule has 27 heavy (non-hydrogen) atoms. The number of ketones is 1. The smallest absolute Gasteiger partial charge is 0.238 e. The number of benzene rings is 1. The van der Waals surface area contributed by atoms with E-state index >= 15 is 0 Å². The third-order valence-electron chi connectivity index (χ3n) is 5.26. The summed E-state index contributed by atoms with van der Waals surface area (Å²) in [5.41, 5.74) is 1.35. The number of aromatic nitrogens is 2. The van der Waals surface area contributed by atoms with Crippen LogP contribution in [0, 0.1) is 0 Å². The summed E-state index contributed by atoms with van der Waals surface area (Å²) in [6.45, 7) is 3.56. The van der Waals surface area contributed by atoms with Gasteiger partial charge in [-0.25, -0.2) is 0 Å². The van der Waals surface area contributed by atoms with Crippen molar-refractivity contribution in [3.63, 3.8) is 0 Å². The molecular formula is C20H24N4O3. The first-order valence-corrected chi connectivity index (χ1v) is 9.55. The molecule has 142 valence electrons. The number of hydrogen-bond donors (Lipinski definition) is 1. The highest BCUT2D eigenvalue weighted by atomic mass is 16.4. The molecule has 2 aliphatic rings. The maximum atomic E-state index is 12.3. The Balaban J connectivity index is 1.24. The second-order valence-corrected chi connectivity index (χ2v) is 7.48. The van der Waals surface area contributed by atoms with Crippen molar-refractivity contribution < 1.29 is 14.0 Å². The van der Waals surface area contributed by atoms with Gasteiger partial charge in [0.2, 0.25) is 17.7 Å². The van der Waals surface area contributed by atoms with Crippen LogP contribution >= 0.6 is 0 Å². The summed E-state index contributed by atoms with van der Waals surface area (Å²) in [6.07, 6.45) is 4.17. The number of rotatable bonds is 6. The van der Waals surface area contributed by atoms with Crippen LogP contribution in [0.4, 0.5) is 5.69 Å². The fourth-order valence-corrected chi connectivity index (χ4v) is 3.44. The van der Waals surface area contributed by atoms with Gasteiger partial charge in [-0.3, -0.25) is 14.5 Å². The van der Waals surface area contributed by atoms with Gasteiger partial charge in [0.15, 0.2) is 5.78 Å². The monoisotopic (exact) mass is 368 g/mol. The number of piperidine rings is 1. The molecule has 4 rings (SSSR count). The molecule has 1 aromatic heterocycles.